The van der Waals surface area contributed by atoms with Crippen LogP contribution in [-0.2, 0) is 13.2 Å². The Labute approximate surface area is 209 Å². The molecule has 2 aromatic carbocycles. The van der Waals surface area contributed by atoms with E-state index in [0.29, 0.717) is 49.3 Å². The molecule has 0 radical (unpaired) electrons. The van der Waals surface area contributed by atoms with Crippen molar-refractivity contribution in [3.05, 3.63) is 82.6 Å². The number of carbonyl (C=O) groups is 1. The number of carbonyl (C=O) groups excluding carboxylic acids is 1. The van der Waals surface area contributed by atoms with Gasteiger partial charge < -0.3 is 18.7 Å². The number of aromatic nitrogens is 3. The molecule has 0 spiro atoms. The second-order valence-electron chi connectivity index (χ2n) is 9.01. The fourth-order valence-electron chi connectivity index (χ4n) is 4.29. The summed E-state index contributed by atoms with van der Waals surface area (Å²) in [5.74, 6) is 2.66. The molecular weight excluding hydrogens is 458 g/mol. The van der Waals surface area contributed by atoms with Crippen LogP contribution in [0.5, 0.6) is 5.75 Å². The molecule has 0 saturated carbocycles. The first kappa shape index (κ1) is 23.7. The van der Waals surface area contributed by atoms with Crippen molar-refractivity contribution < 1.29 is 18.6 Å². The number of benzene rings is 2. The number of ether oxygens (including phenoxy) is 1. The molecule has 9 heteroatoms. The van der Waals surface area contributed by atoms with Gasteiger partial charge in [0.05, 0.1) is 17.8 Å². The van der Waals surface area contributed by atoms with E-state index in [9.17, 15) is 4.79 Å². The first-order chi connectivity index (χ1) is 17.5. The van der Waals surface area contributed by atoms with Crippen LogP contribution >= 0.6 is 0 Å². The van der Waals surface area contributed by atoms with Crippen molar-refractivity contribution in [1.82, 2.24) is 25.1 Å². The lowest BCUT2D eigenvalue weighted by atomic mass is 10.1. The standard InChI is InChI=1S/C27H29N5O4/c1-18-6-4-5-7-23(18)26-28-25(36-30-26)16-31-12-14-32(15-13-31)27(33)21-8-10-22(11-9-21)34-17-24-19(2)29-35-20(24)3/h4-11H,12-17H2,1-3H3. The molecule has 1 aliphatic heterocycles. The summed E-state index contributed by atoms with van der Waals surface area (Å²) in [4.78, 5) is 21.7. The number of amides is 1. The minimum atomic E-state index is 0.0200. The summed E-state index contributed by atoms with van der Waals surface area (Å²) in [6.45, 7) is 9.50. The van der Waals surface area contributed by atoms with Gasteiger partial charge in [-0.05, 0) is 50.6 Å². The Morgan fingerprint density at radius 2 is 1.69 bits per heavy atom. The molecule has 0 bridgehead atoms. The van der Waals surface area contributed by atoms with Crippen LogP contribution in [0.2, 0.25) is 0 Å². The highest BCUT2D eigenvalue weighted by Crippen LogP contribution is 2.21. The molecule has 1 amide bonds. The smallest absolute Gasteiger partial charge is 0.253 e. The predicted molar refractivity (Wildman–Crippen MR) is 132 cm³/mol. The number of aryl methyl sites for hydroxylation is 3. The van der Waals surface area contributed by atoms with E-state index in [0.717, 1.165) is 41.2 Å². The monoisotopic (exact) mass is 487 g/mol. The third-order valence-electron chi connectivity index (χ3n) is 6.54. The van der Waals surface area contributed by atoms with Gasteiger partial charge in [-0.25, -0.2) is 0 Å². The van der Waals surface area contributed by atoms with Crippen LogP contribution < -0.4 is 4.74 Å². The van der Waals surface area contributed by atoms with E-state index in [1.54, 1.807) is 0 Å². The Morgan fingerprint density at radius 1 is 0.944 bits per heavy atom. The molecule has 0 atom stereocenters. The average Bonchev–Trinajstić information content (AvgIpc) is 3.49. The zero-order valence-electron chi connectivity index (χ0n) is 20.7. The Kier molecular flexibility index (Phi) is 6.81. The number of piperazine rings is 1. The van der Waals surface area contributed by atoms with Crippen molar-refractivity contribution in [2.75, 3.05) is 26.2 Å². The van der Waals surface area contributed by atoms with Crippen LogP contribution in [-0.4, -0.2) is 57.2 Å². The van der Waals surface area contributed by atoms with E-state index < -0.39 is 0 Å². The second kappa shape index (κ2) is 10.3. The quantitative estimate of drug-likeness (QED) is 0.383. The number of hydrogen-bond acceptors (Lipinski definition) is 8. The predicted octanol–water partition coefficient (Wildman–Crippen LogP) is 4.19. The Morgan fingerprint density at radius 3 is 2.39 bits per heavy atom. The molecule has 0 N–H and O–H groups in total. The van der Waals surface area contributed by atoms with Gasteiger partial charge in [0.25, 0.3) is 5.91 Å². The normalized spacial score (nSPS) is 14.2. The molecule has 1 aliphatic rings. The Hall–Kier alpha value is -3.98. The lowest BCUT2D eigenvalue weighted by Crippen LogP contribution is -2.48. The van der Waals surface area contributed by atoms with E-state index in [2.05, 4.69) is 20.2 Å². The first-order valence-electron chi connectivity index (χ1n) is 12.0. The summed E-state index contributed by atoms with van der Waals surface area (Å²) in [6.07, 6.45) is 0. The lowest BCUT2D eigenvalue weighted by molar-refractivity contribution is 0.0615. The van der Waals surface area contributed by atoms with Gasteiger partial charge in [-0.1, -0.05) is 34.6 Å². The molecule has 186 valence electrons. The van der Waals surface area contributed by atoms with E-state index >= 15 is 0 Å². The van der Waals surface area contributed by atoms with Crippen molar-refractivity contribution in [3.63, 3.8) is 0 Å². The number of rotatable bonds is 7. The third-order valence-corrected chi connectivity index (χ3v) is 6.54. The largest absolute Gasteiger partial charge is 0.489 e. The zero-order chi connectivity index (χ0) is 25.1. The number of hydrogen-bond donors (Lipinski definition) is 0. The summed E-state index contributed by atoms with van der Waals surface area (Å²) in [5.41, 5.74) is 4.50. The lowest BCUT2D eigenvalue weighted by Gasteiger charge is -2.34. The van der Waals surface area contributed by atoms with Gasteiger partial charge in [0, 0.05) is 37.3 Å². The van der Waals surface area contributed by atoms with Crippen LogP contribution in [0.15, 0.2) is 57.6 Å². The maximum absolute atomic E-state index is 13.0. The maximum Gasteiger partial charge on any atom is 0.253 e. The van der Waals surface area contributed by atoms with Crippen molar-refractivity contribution in [1.29, 1.82) is 0 Å². The molecule has 0 unspecified atom stereocenters. The zero-order valence-corrected chi connectivity index (χ0v) is 20.7. The molecule has 0 aliphatic carbocycles. The maximum atomic E-state index is 13.0. The summed E-state index contributed by atoms with van der Waals surface area (Å²) < 4.78 is 16.5. The van der Waals surface area contributed by atoms with Crippen LogP contribution in [0.25, 0.3) is 11.4 Å². The molecule has 2 aromatic heterocycles. The van der Waals surface area contributed by atoms with Crippen molar-refractivity contribution >= 4 is 5.91 Å². The van der Waals surface area contributed by atoms with Crippen LogP contribution in [0, 0.1) is 20.8 Å². The summed E-state index contributed by atoms with van der Waals surface area (Å²) in [7, 11) is 0. The van der Waals surface area contributed by atoms with Gasteiger partial charge in [0.1, 0.15) is 18.1 Å². The molecule has 1 saturated heterocycles. The SMILES string of the molecule is Cc1ccccc1-c1noc(CN2CCN(C(=O)c3ccc(OCc4c(C)noc4C)cc3)CC2)n1. The van der Waals surface area contributed by atoms with Gasteiger partial charge >= 0.3 is 0 Å². The third kappa shape index (κ3) is 5.16. The fraction of sp³-hybridized carbons (Fsp3) is 0.333. The molecule has 36 heavy (non-hydrogen) atoms. The van der Waals surface area contributed by atoms with Gasteiger partial charge in [-0.15, -0.1) is 0 Å². The summed E-state index contributed by atoms with van der Waals surface area (Å²) in [5, 5.41) is 8.09. The van der Waals surface area contributed by atoms with Gasteiger partial charge in [-0.3, -0.25) is 9.69 Å². The highest BCUT2D eigenvalue weighted by molar-refractivity contribution is 5.94. The molecule has 1 fully saturated rings. The summed E-state index contributed by atoms with van der Waals surface area (Å²) in [6, 6.07) is 15.2. The molecule has 3 heterocycles. The van der Waals surface area contributed by atoms with Crippen molar-refractivity contribution in [2.24, 2.45) is 0 Å². The highest BCUT2D eigenvalue weighted by Gasteiger charge is 2.24. The van der Waals surface area contributed by atoms with Gasteiger partial charge in [0.2, 0.25) is 11.7 Å². The molecule has 4 aromatic rings. The molecular formula is C27H29N5O4. The Balaban J connectivity index is 1.12. The molecule has 9 nitrogen and oxygen atoms in total. The Bertz CT molecular complexity index is 1320. The highest BCUT2D eigenvalue weighted by atomic mass is 16.5. The minimum absolute atomic E-state index is 0.0200. The van der Waals surface area contributed by atoms with Crippen LogP contribution in [0.1, 0.15) is 38.8 Å². The minimum Gasteiger partial charge on any atom is -0.489 e. The van der Waals surface area contributed by atoms with Crippen molar-refractivity contribution in [2.45, 2.75) is 33.9 Å². The van der Waals surface area contributed by atoms with Crippen molar-refractivity contribution in [3.8, 4) is 17.1 Å². The topological polar surface area (TPSA) is 97.7 Å². The first-order valence-corrected chi connectivity index (χ1v) is 12.0. The summed E-state index contributed by atoms with van der Waals surface area (Å²) >= 11 is 0. The average molecular weight is 488 g/mol. The van der Waals surface area contributed by atoms with Gasteiger partial charge in [-0.2, -0.15) is 4.98 Å². The van der Waals surface area contributed by atoms with E-state index in [4.69, 9.17) is 13.8 Å². The van der Waals surface area contributed by atoms with E-state index in [-0.39, 0.29) is 5.91 Å². The van der Waals surface area contributed by atoms with E-state index in [1.165, 1.54) is 0 Å². The second-order valence-corrected chi connectivity index (χ2v) is 9.01. The van der Waals surface area contributed by atoms with Crippen LogP contribution in [0.4, 0.5) is 0 Å². The molecule has 5 rings (SSSR count). The van der Waals surface area contributed by atoms with Gasteiger partial charge in [0.15, 0.2) is 0 Å². The number of nitrogens with zero attached hydrogens (tertiary/aromatic N) is 5. The fourth-order valence-corrected chi connectivity index (χ4v) is 4.29. The van der Waals surface area contributed by atoms with E-state index in [1.807, 2.05) is 74.2 Å². The van der Waals surface area contributed by atoms with Crippen LogP contribution in [0.3, 0.4) is 0 Å².